The number of carbonyl (C=O) groups excluding carboxylic acids is 1. The lowest BCUT2D eigenvalue weighted by Crippen LogP contribution is -2.37. The van der Waals surface area contributed by atoms with Crippen LogP contribution in [0.25, 0.3) is 0 Å². The van der Waals surface area contributed by atoms with E-state index >= 15 is 0 Å². The predicted molar refractivity (Wildman–Crippen MR) is 51.1 cm³/mol. The van der Waals surface area contributed by atoms with Gasteiger partial charge in [-0.3, -0.25) is 0 Å². The minimum absolute atomic E-state index is 0.216. The lowest BCUT2D eigenvalue weighted by Gasteiger charge is -2.29. The maximum absolute atomic E-state index is 11.5. The molecule has 3 heteroatoms. The second kappa shape index (κ2) is 3.99. The largest absolute Gasteiger partial charge is 0.444 e. The molecule has 0 atom stereocenters. The quantitative estimate of drug-likeness (QED) is 0.579. The standard InChI is InChI=1S/C10H18NO2/c1-10(2,3)13-9(12)11-7-5-4-6-8-11/h7H,4-6,8H2,1-3H3. The average Bonchev–Trinajstić information content (AvgIpc) is 2.03. The number of rotatable bonds is 0. The van der Waals surface area contributed by atoms with Crippen LogP contribution in [0.5, 0.6) is 0 Å². The van der Waals surface area contributed by atoms with Gasteiger partial charge >= 0.3 is 6.09 Å². The van der Waals surface area contributed by atoms with Crippen LogP contribution in [0, 0.1) is 6.54 Å². The summed E-state index contributed by atoms with van der Waals surface area (Å²) in [5, 5.41) is 0. The summed E-state index contributed by atoms with van der Waals surface area (Å²) in [6.07, 6.45) is 3.03. The van der Waals surface area contributed by atoms with Crippen molar-refractivity contribution < 1.29 is 9.53 Å². The van der Waals surface area contributed by atoms with Crippen molar-refractivity contribution in [2.45, 2.75) is 45.6 Å². The summed E-state index contributed by atoms with van der Waals surface area (Å²) in [7, 11) is 0. The van der Waals surface area contributed by atoms with Gasteiger partial charge in [0.1, 0.15) is 5.60 Å². The Morgan fingerprint density at radius 2 is 2.08 bits per heavy atom. The Bertz CT molecular complexity index is 178. The molecule has 0 aromatic carbocycles. The fraction of sp³-hybridized carbons (Fsp3) is 0.800. The van der Waals surface area contributed by atoms with E-state index < -0.39 is 0 Å². The van der Waals surface area contributed by atoms with Crippen LogP contribution in [0.1, 0.15) is 40.0 Å². The van der Waals surface area contributed by atoms with Crippen LogP contribution in [0.2, 0.25) is 0 Å². The van der Waals surface area contributed by atoms with Crippen LogP contribution < -0.4 is 0 Å². The number of ether oxygens (including phenoxy) is 1. The minimum Gasteiger partial charge on any atom is -0.444 e. The number of hydrogen-bond acceptors (Lipinski definition) is 2. The third-order valence-electron chi connectivity index (χ3n) is 1.83. The van der Waals surface area contributed by atoms with Gasteiger partial charge in [-0.25, -0.2) is 4.79 Å². The molecule has 0 spiro atoms. The molecule has 3 nitrogen and oxygen atoms in total. The van der Waals surface area contributed by atoms with Crippen molar-refractivity contribution in [3.05, 3.63) is 6.54 Å². The lowest BCUT2D eigenvalue weighted by molar-refractivity contribution is 0.0276. The van der Waals surface area contributed by atoms with Crippen LogP contribution in [-0.2, 0) is 4.74 Å². The molecule has 1 fully saturated rings. The van der Waals surface area contributed by atoms with Crippen molar-refractivity contribution in [2.24, 2.45) is 0 Å². The van der Waals surface area contributed by atoms with Gasteiger partial charge in [-0.1, -0.05) is 0 Å². The van der Waals surface area contributed by atoms with Crippen molar-refractivity contribution in [1.82, 2.24) is 4.90 Å². The number of carbonyl (C=O) groups is 1. The van der Waals surface area contributed by atoms with Crippen molar-refractivity contribution in [1.29, 1.82) is 0 Å². The first kappa shape index (κ1) is 10.4. The zero-order chi connectivity index (χ0) is 9.90. The highest BCUT2D eigenvalue weighted by Crippen LogP contribution is 2.16. The number of piperidine rings is 1. The summed E-state index contributed by atoms with van der Waals surface area (Å²) >= 11 is 0. The zero-order valence-electron chi connectivity index (χ0n) is 8.67. The first-order valence-electron chi connectivity index (χ1n) is 4.82. The van der Waals surface area contributed by atoms with Gasteiger partial charge in [0, 0.05) is 6.54 Å². The molecule has 0 aliphatic carbocycles. The van der Waals surface area contributed by atoms with E-state index in [1.165, 1.54) is 6.42 Å². The van der Waals surface area contributed by atoms with E-state index in [2.05, 4.69) is 0 Å². The second-order valence-electron chi connectivity index (χ2n) is 4.35. The summed E-state index contributed by atoms with van der Waals surface area (Å²) < 4.78 is 5.23. The van der Waals surface area contributed by atoms with E-state index in [0.717, 1.165) is 19.4 Å². The molecule has 1 radical (unpaired) electrons. The van der Waals surface area contributed by atoms with Crippen molar-refractivity contribution in [3.63, 3.8) is 0 Å². The maximum Gasteiger partial charge on any atom is 0.410 e. The molecule has 0 saturated carbocycles. The first-order chi connectivity index (χ1) is 5.99. The Hall–Kier alpha value is -0.730. The Balaban J connectivity index is 2.38. The first-order valence-corrected chi connectivity index (χ1v) is 4.82. The van der Waals surface area contributed by atoms with Crippen LogP contribution in [0.15, 0.2) is 0 Å². The Kier molecular flexibility index (Phi) is 3.17. The van der Waals surface area contributed by atoms with Gasteiger partial charge in [0.15, 0.2) is 0 Å². The third-order valence-corrected chi connectivity index (χ3v) is 1.83. The Morgan fingerprint density at radius 1 is 1.38 bits per heavy atom. The summed E-state index contributed by atoms with van der Waals surface area (Å²) in [6.45, 7) is 8.38. The van der Waals surface area contributed by atoms with Crippen LogP contribution in [0.3, 0.4) is 0 Å². The Labute approximate surface area is 80.1 Å². The molecular formula is C10H18NO2. The van der Waals surface area contributed by atoms with Gasteiger partial charge in [0.05, 0.1) is 6.54 Å². The normalized spacial score (nSPS) is 18.5. The fourth-order valence-electron chi connectivity index (χ4n) is 1.25. The summed E-state index contributed by atoms with van der Waals surface area (Å²) in [6, 6.07) is 0. The van der Waals surface area contributed by atoms with Gasteiger partial charge in [0.2, 0.25) is 0 Å². The van der Waals surface area contributed by atoms with Crippen LogP contribution in [0.4, 0.5) is 4.79 Å². The molecule has 1 heterocycles. The van der Waals surface area contributed by atoms with E-state index in [9.17, 15) is 4.79 Å². The van der Waals surface area contributed by atoms with Crippen molar-refractivity contribution in [2.75, 3.05) is 6.54 Å². The van der Waals surface area contributed by atoms with E-state index in [4.69, 9.17) is 4.74 Å². The Morgan fingerprint density at radius 3 is 2.54 bits per heavy atom. The lowest BCUT2D eigenvalue weighted by atomic mass is 10.1. The molecule has 1 rings (SSSR count). The van der Waals surface area contributed by atoms with Gasteiger partial charge in [-0.05, 0) is 40.0 Å². The molecule has 1 amide bonds. The average molecular weight is 184 g/mol. The molecular weight excluding hydrogens is 166 g/mol. The molecule has 1 aliphatic rings. The highest BCUT2D eigenvalue weighted by molar-refractivity contribution is 5.69. The molecule has 0 aromatic rings. The molecule has 0 unspecified atom stereocenters. The van der Waals surface area contributed by atoms with Crippen LogP contribution in [-0.4, -0.2) is 23.1 Å². The van der Waals surface area contributed by atoms with Gasteiger partial charge in [0.25, 0.3) is 0 Å². The number of hydrogen-bond donors (Lipinski definition) is 0. The van der Waals surface area contributed by atoms with Crippen molar-refractivity contribution in [3.8, 4) is 0 Å². The number of amides is 1. The van der Waals surface area contributed by atoms with Crippen molar-refractivity contribution >= 4 is 6.09 Å². The topological polar surface area (TPSA) is 29.5 Å². The highest BCUT2D eigenvalue weighted by atomic mass is 16.6. The molecule has 0 aromatic heterocycles. The van der Waals surface area contributed by atoms with E-state index in [0.29, 0.717) is 0 Å². The molecule has 1 aliphatic heterocycles. The van der Waals surface area contributed by atoms with E-state index in [-0.39, 0.29) is 11.7 Å². The molecule has 13 heavy (non-hydrogen) atoms. The fourth-order valence-corrected chi connectivity index (χ4v) is 1.25. The SMILES string of the molecule is CC(C)(C)OC(=O)N1[CH]CCCC1. The summed E-state index contributed by atoms with van der Waals surface area (Å²) in [5.41, 5.74) is -0.387. The van der Waals surface area contributed by atoms with Gasteiger partial charge in [-0.2, -0.15) is 0 Å². The molecule has 0 N–H and O–H groups in total. The predicted octanol–water partition coefficient (Wildman–Crippen LogP) is 2.57. The zero-order valence-corrected chi connectivity index (χ0v) is 8.67. The van der Waals surface area contributed by atoms with Crippen LogP contribution >= 0.6 is 0 Å². The minimum atomic E-state index is -0.387. The number of likely N-dealkylation sites (tertiary alicyclic amines) is 1. The highest BCUT2D eigenvalue weighted by Gasteiger charge is 2.23. The monoisotopic (exact) mass is 184 g/mol. The maximum atomic E-state index is 11.5. The van der Waals surface area contributed by atoms with E-state index in [1.54, 1.807) is 4.90 Å². The smallest absolute Gasteiger partial charge is 0.410 e. The summed E-state index contributed by atoms with van der Waals surface area (Å²) in [5.74, 6) is 0. The van der Waals surface area contributed by atoms with E-state index in [1.807, 2.05) is 27.3 Å². The molecule has 75 valence electrons. The molecule has 1 saturated heterocycles. The summed E-state index contributed by atoms with van der Waals surface area (Å²) in [4.78, 5) is 13.2. The third kappa shape index (κ3) is 3.66. The van der Waals surface area contributed by atoms with Gasteiger partial charge < -0.3 is 9.64 Å². The number of nitrogens with zero attached hydrogens (tertiary/aromatic N) is 1. The molecule has 0 bridgehead atoms. The second-order valence-corrected chi connectivity index (χ2v) is 4.35. The van der Waals surface area contributed by atoms with Gasteiger partial charge in [-0.15, -0.1) is 0 Å².